The van der Waals surface area contributed by atoms with Crippen LogP contribution in [-0.2, 0) is 6.18 Å². The Morgan fingerprint density at radius 2 is 1.95 bits per heavy atom. The summed E-state index contributed by atoms with van der Waals surface area (Å²) in [7, 11) is 0. The molecule has 20 heavy (non-hydrogen) atoms. The van der Waals surface area contributed by atoms with Gasteiger partial charge < -0.3 is 0 Å². The molecule has 1 nitrogen and oxygen atoms in total. The van der Waals surface area contributed by atoms with Crippen molar-refractivity contribution in [3.8, 4) is 0 Å². The van der Waals surface area contributed by atoms with Crippen LogP contribution in [0.15, 0.2) is 28.7 Å². The van der Waals surface area contributed by atoms with Crippen LogP contribution in [0.25, 0.3) is 0 Å². The Kier molecular flexibility index (Phi) is 4.02. The molecule has 0 saturated heterocycles. The number of benzene rings is 1. The average Bonchev–Trinajstić information content (AvgIpc) is 2.66. The zero-order chi connectivity index (χ0) is 15.1. The molecule has 0 amide bonds. The Labute approximate surface area is 124 Å². The fourth-order valence-electron chi connectivity index (χ4n) is 1.69. The summed E-state index contributed by atoms with van der Waals surface area (Å²) in [5, 5.41) is 0. The first-order valence-electron chi connectivity index (χ1n) is 5.38. The largest absolute Gasteiger partial charge is 0.419 e. The van der Waals surface area contributed by atoms with E-state index in [0.29, 0.717) is 10.5 Å². The molecular formula is C13H7BrF4OS. The smallest absolute Gasteiger partial charge is 0.288 e. The molecule has 0 aliphatic heterocycles. The van der Waals surface area contributed by atoms with Crippen LogP contribution in [-0.4, -0.2) is 5.78 Å². The summed E-state index contributed by atoms with van der Waals surface area (Å²) in [6, 6.07) is 4.34. The van der Waals surface area contributed by atoms with Crippen LogP contribution in [0.4, 0.5) is 17.6 Å². The van der Waals surface area contributed by atoms with Gasteiger partial charge in [0, 0.05) is 9.35 Å². The summed E-state index contributed by atoms with van der Waals surface area (Å²) in [5.41, 5.74) is -2.02. The van der Waals surface area contributed by atoms with Gasteiger partial charge in [0.25, 0.3) is 0 Å². The average molecular weight is 367 g/mol. The van der Waals surface area contributed by atoms with Crippen molar-refractivity contribution in [2.75, 3.05) is 0 Å². The lowest BCUT2D eigenvalue weighted by Crippen LogP contribution is -2.12. The number of alkyl halides is 3. The predicted octanol–water partition coefficient (Wildman–Crippen LogP) is 5.21. The maximum Gasteiger partial charge on any atom is 0.419 e. The molecule has 1 aromatic carbocycles. The third kappa shape index (κ3) is 2.78. The second kappa shape index (κ2) is 5.29. The Bertz CT molecular complexity index is 675. The van der Waals surface area contributed by atoms with E-state index in [2.05, 4.69) is 15.9 Å². The Hall–Kier alpha value is -1.21. The number of hydrogen-bond acceptors (Lipinski definition) is 2. The second-order valence-electron chi connectivity index (χ2n) is 4.03. The van der Waals surface area contributed by atoms with Gasteiger partial charge >= 0.3 is 6.18 Å². The first-order valence-corrected chi connectivity index (χ1v) is 6.99. The van der Waals surface area contributed by atoms with E-state index in [0.717, 1.165) is 28.3 Å². The van der Waals surface area contributed by atoms with Crippen LogP contribution in [0.3, 0.4) is 0 Å². The monoisotopic (exact) mass is 366 g/mol. The highest BCUT2D eigenvalue weighted by Gasteiger charge is 2.36. The number of rotatable bonds is 2. The van der Waals surface area contributed by atoms with Crippen LogP contribution in [0, 0.1) is 12.7 Å². The minimum atomic E-state index is -4.83. The number of halogens is 5. The third-order valence-electron chi connectivity index (χ3n) is 2.56. The fraction of sp³-hybridized carbons (Fsp3) is 0.154. The van der Waals surface area contributed by atoms with Crippen molar-refractivity contribution in [3.63, 3.8) is 0 Å². The van der Waals surface area contributed by atoms with Gasteiger partial charge in [-0.1, -0.05) is 6.07 Å². The summed E-state index contributed by atoms with van der Waals surface area (Å²) >= 11 is 4.24. The van der Waals surface area contributed by atoms with Gasteiger partial charge in [0.15, 0.2) is 0 Å². The highest BCUT2D eigenvalue weighted by molar-refractivity contribution is 9.10. The van der Waals surface area contributed by atoms with Gasteiger partial charge in [-0.3, -0.25) is 4.79 Å². The maximum atomic E-state index is 13.9. The molecular weight excluding hydrogens is 360 g/mol. The number of carbonyl (C=O) groups excluding carboxylic acids is 1. The van der Waals surface area contributed by atoms with Crippen LogP contribution in [0.5, 0.6) is 0 Å². The zero-order valence-electron chi connectivity index (χ0n) is 10.0. The Morgan fingerprint density at radius 1 is 1.30 bits per heavy atom. The van der Waals surface area contributed by atoms with E-state index in [1.807, 2.05) is 0 Å². The summed E-state index contributed by atoms with van der Waals surface area (Å²) in [5.74, 6) is -2.30. The maximum absolute atomic E-state index is 13.9. The van der Waals surface area contributed by atoms with Crippen molar-refractivity contribution in [2.45, 2.75) is 13.1 Å². The summed E-state index contributed by atoms with van der Waals surface area (Å²) in [6.07, 6.45) is -4.83. The molecule has 0 N–H and O–H groups in total. The highest BCUT2D eigenvalue weighted by Crippen LogP contribution is 2.34. The first kappa shape index (κ1) is 15.2. The van der Waals surface area contributed by atoms with E-state index in [-0.39, 0.29) is 4.88 Å². The van der Waals surface area contributed by atoms with E-state index in [1.54, 1.807) is 13.0 Å². The highest BCUT2D eigenvalue weighted by atomic mass is 79.9. The predicted molar refractivity (Wildman–Crippen MR) is 71.6 cm³/mol. The summed E-state index contributed by atoms with van der Waals surface area (Å²) in [4.78, 5) is 13.1. The molecule has 1 aromatic heterocycles. The molecule has 0 fully saturated rings. The lowest BCUT2D eigenvalue weighted by Gasteiger charge is -2.10. The zero-order valence-corrected chi connectivity index (χ0v) is 12.4. The molecule has 0 aliphatic carbocycles. The van der Waals surface area contributed by atoms with Crippen LogP contribution >= 0.6 is 27.3 Å². The second-order valence-corrected chi connectivity index (χ2v) is 6.14. The number of ketones is 1. The summed E-state index contributed by atoms with van der Waals surface area (Å²) in [6.45, 7) is 1.74. The SMILES string of the molecule is Cc1cc(Br)c(C(=O)c2cccc(C(F)(F)F)c2F)s1. The molecule has 0 unspecified atom stereocenters. The molecule has 2 rings (SSSR count). The molecule has 0 aliphatic rings. The quantitative estimate of drug-likeness (QED) is 0.526. The van der Waals surface area contributed by atoms with Gasteiger partial charge in [0.2, 0.25) is 5.78 Å². The van der Waals surface area contributed by atoms with E-state index in [9.17, 15) is 22.4 Å². The van der Waals surface area contributed by atoms with Gasteiger partial charge in [0.05, 0.1) is 16.0 Å². The molecule has 106 valence electrons. The molecule has 0 bridgehead atoms. The van der Waals surface area contributed by atoms with E-state index >= 15 is 0 Å². The van der Waals surface area contributed by atoms with E-state index < -0.39 is 28.9 Å². The molecule has 0 atom stereocenters. The minimum absolute atomic E-state index is 0.181. The van der Waals surface area contributed by atoms with Gasteiger partial charge in [-0.05, 0) is 41.1 Å². The number of hydrogen-bond donors (Lipinski definition) is 0. The standard InChI is InChI=1S/C13H7BrF4OS/c1-6-5-9(14)12(20-6)11(19)7-3-2-4-8(10(7)15)13(16,17)18/h2-5H,1H3. The van der Waals surface area contributed by atoms with Gasteiger partial charge in [-0.2, -0.15) is 13.2 Å². The van der Waals surface area contributed by atoms with Crippen molar-refractivity contribution in [1.29, 1.82) is 0 Å². The fourth-order valence-corrected chi connectivity index (χ4v) is 3.46. The van der Waals surface area contributed by atoms with E-state index in [1.165, 1.54) is 0 Å². The Morgan fingerprint density at radius 3 is 2.45 bits per heavy atom. The van der Waals surface area contributed by atoms with Gasteiger partial charge in [-0.15, -0.1) is 11.3 Å². The summed E-state index contributed by atoms with van der Waals surface area (Å²) < 4.78 is 52.2. The molecule has 0 radical (unpaired) electrons. The van der Waals surface area contributed by atoms with Crippen molar-refractivity contribution in [1.82, 2.24) is 0 Å². The van der Waals surface area contributed by atoms with Crippen LogP contribution < -0.4 is 0 Å². The number of aryl methyl sites for hydroxylation is 1. The minimum Gasteiger partial charge on any atom is -0.288 e. The van der Waals surface area contributed by atoms with Crippen LogP contribution in [0.2, 0.25) is 0 Å². The van der Waals surface area contributed by atoms with Crippen molar-refractivity contribution in [3.05, 3.63) is 55.4 Å². The van der Waals surface area contributed by atoms with Crippen LogP contribution in [0.1, 0.15) is 25.7 Å². The number of thiophene rings is 1. The molecule has 7 heteroatoms. The van der Waals surface area contributed by atoms with E-state index in [4.69, 9.17) is 0 Å². The third-order valence-corrected chi connectivity index (χ3v) is 4.50. The molecule has 2 aromatic rings. The molecule has 0 saturated carbocycles. The van der Waals surface area contributed by atoms with Crippen molar-refractivity contribution in [2.24, 2.45) is 0 Å². The normalized spacial score (nSPS) is 11.7. The molecule has 0 spiro atoms. The van der Waals surface area contributed by atoms with Gasteiger partial charge in [0.1, 0.15) is 5.82 Å². The van der Waals surface area contributed by atoms with Gasteiger partial charge in [-0.25, -0.2) is 4.39 Å². The topological polar surface area (TPSA) is 17.1 Å². The lowest BCUT2D eigenvalue weighted by molar-refractivity contribution is -0.140. The van der Waals surface area contributed by atoms with Crippen molar-refractivity contribution >= 4 is 33.0 Å². The Balaban J connectivity index is 2.54. The first-order chi connectivity index (χ1) is 9.21. The lowest BCUT2D eigenvalue weighted by atomic mass is 10.0. The van der Waals surface area contributed by atoms with Crippen molar-refractivity contribution < 1.29 is 22.4 Å². The number of carbonyl (C=O) groups is 1. The molecule has 1 heterocycles.